The summed E-state index contributed by atoms with van der Waals surface area (Å²) in [5, 5.41) is 7.03. The Labute approximate surface area is 180 Å². The van der Waals surface area contributed by atoms with Crippen LogP contribution in [0.5, 0.6) is 0 Å². The van der Waals surface area contributed by atoms with Gasteiger partial charge in [0, 0.05) is 45.8 Å². The van der Waals surface area contributed by atoms with Gasteiger partial charge in [0.15, 0.2) is 5.96 Å². The first-order chi connectivity index (χ1) is 14.6. The third kappa shape index (κ3) is 6.65. The second-order valence-corrected chi connectivity index (χ2v) is 8.65. The molecule has 168 valence electrons. The van der Waals surface area contributed by atoms with E-state index in [0.29, 0.717) is 18.5 Å². The molecule has 1 aromatic rings. The maximum Gasteiger partial charge on any atom is 0.191 e. The molecular formula is C23H38FN5O. The standard InChI is InChI=1S/C23H38FN5O/c1-18(2)29-10-4-5-19(17-29)15-26-23(25-3)27-16-22(28-11-13-30-14-12-28)20-6-8-21(24)9-7-20/h6-9,18-19,22H,4-5,10-17H2,1-3H3,(H2,25,26,27). The lowest BCUT2D eigenvalue weighted by molar-refractivity contribution is 0.0170. The fraction of sp³-hybridized carbons (Fsp3) is 0.696. The minimum Gasteiger partial charge on any atom is -0.379 e. The van der Waals surface area contributed by atoms with E-state index in [-0.39, 0.29) is 11.9 Å². The van der Waals surface area contributed by atoms with Gasteiger partial charge in [0.2, 0.25) is 0 Å². The monoisotopic (exact) mass is 419 g/mol. The average molecular weight is 420 g/mol. The third-order valence-corrected chi connectivity index (χ3v) is 6.27. The van der Waals surface area contributed by atoms with E-state index >= 15 is 0 Å². The molecule has 0 radical (unpaired) electrons. The highest BCUT2D eigenvalue weighted by Gasteiger charge is 2.24. The van der Waals surface area contributed by atoms with Crippen molar-refractivity contribution in [2.45, 2.75) is 38.8 Å². The zero-order valence-corrected chi connectivity index (χ0v) is 18.7. The van der Waals surface area contributed by atoms with E-state index in [1.165, 1.54) is 19.4 Å². The van der Waals surface area contributed by atoms with Crippen LogP contribution < -0.4 is 10.6 Å². The highest BCUT2D eigenvalue weighted by atomic mass is 19.1. The van der Waals surface area contributed by atoms with Crippen LogP contribution in [0.1, 0.15) is 38.3 Å². The first kappa shape index (κ1) is 23.0. The van der Waals surface area contributed by atoms with Gasteiger partial charge in [-0.3, -0.25) is 9.89 Å². The van der Waals surface area contributed by atoms with Gasteiger partial charge in [-0.15, -0.1) is 0 Å². The molecule has 0 saturated carbocycles. The van der Waals surface area contributed by atoms with Gasteiger partial charge in [-0.25, -0.2) is 4.39 Å². The molecule has 0 amide bonds. The number of nitrogens with zero attached hydrogens (tertiary/aromatic N) is 3. The number of morpholine rings is 1. The van der Waals surface area contributed by atoms with E-state index in [1.807, 2.05) is 19.2 Å². The van der Waals surface area contributed by atoms with Crippen LogP contribution in [0.4, 0.5) is 4.39 Å². The van der Waals surface area contributed by atoms with Crippen molar-refractivity contribution in [2.24, 2.45) is 10.9 Å². The largest absolute Gasteiger partial charge is 0.379 e. The Morgan fingerprint density at radius 3 is 2.53 bits per heavy atom. The quantitative estimate of drug-likeness (QED) is 0.525. The molecule has 2 unspecified atom stereocenters. The van der Waals surface area contributed by atoms with Gasteiger partial charge in [-0.2, -0.15) is 0 Å². The summed E-state index contributed by atoms with van der Waals surface area (Å²) in [6, 6.07) is 7.61. The van der Waals surface area contributed by atoms with Crippen molar-refractivity contribution in [3.05, 3.63) is 35.6 Å². The normalized spacial score (nSPS) is 22.8. The fourth-order valence-corrected chi connectivity index (χ4v) is 4.42. The summed E-state index contributed by atoms with van der Waals surface area (Å²) < 4.78 is 19.0. The van der Waals surface area contributed by atoms with Gasteiger partial charge in [-0.1, -0.05) is 12.1 Å². The number of ether oxygens (including phenoxy) is 1. The van der Waals surface area contributed by atoms with Crippen molar-refractivity contribution in [2.75, 3.05) is 59.5 Å². The average Bonchev–Trinajstić information content (AvgIpc) is 2.78. The van der Waals surface area contributed by atoms with Crippen molar-refractivity contribution in [1.82, 2.24) is 20.4 Å². The van der Waals surface area contributed by atoms with Gasteiger partial charge in [-0.05, 0) is 56.8 Å². The highest BCUT2D eigenvalue weighted by Crippen LogP contribution is 2.22. The summed E-state index contributed by atoms with van der Waals surface area (Å²) in [6.07, 6.45) is 2.53. The molecule has 0 aliphatic carbocycles. The molecule has 7 heteroatoms. The number of likely N-dealkylation sites (tertiary alicyclic amines) is 1. The molecule has 0 aromatic heterocycles. The van der Waals surface area contributed by atoms with Gasteiger partial charge in [0.1, 0.15) is 5.82 Å². The van der Waals surface area contributed by atoms with Crippen LogP contribution >= 0.6 is 0 Å². The van der Waals surface area contributed by atoms with Crippen LogP contribution in [-0.2, 0) is 4.74 Å². The van der Waals surface area contributed by atoms with Crippen LogP contribution in [0, 0.1) is 11.7 Å². The van der Waals surface area contributed by atoms with E-state index in [9.17, 15) is 4.39 Å². The van der Waals surface area contributed by atoms with Crippen LogP contribution in [0.2, 0.25) is 0 Å². The Bertz CT molecular complexity index is 660. The summed E-state index contributed by atoms with van der Waals surface area (Å²) in [4.78, 5) is 9.40. The van der Waals surface area contributed by atoms with E-state index in [2.05, 4.69) is 39.3 Å². The minimum absolute atomic E-state index is 0.152. The van der Waals surface area contributed by atoms with E-state index in [1.54, 1.807) is 12.1 Å². The summed E-state index contributed by atoms with van der Waals surface area (Å²) in [6.45, 7) is 11.8. The number of piperidine rings is 1. The SMILES string of the molecule is CN=C(NCC1CCCN(C(C)C)C1)NCC(c1ccc(F)cc1)N1CCOCC1. The lowest BCUT2D eigenvalue weighted by atomic mass is 9.97. The molecule has 2 saturated heterocycles. The number of aliphatic imine (C=N–C) groups is 1. The fourth-order valence-electron chi connectivity index (χ4n) is 4.42. The van der Waals surface area contributed by atoms with Crippen molar-refractivity contribution < 1.29 is 9.13 Å². The molecule has 2 aliphatic heterocycles. The van der Waals surface area contributed by atoms with Crippen molar-refractivity contribution in [3.8, 4) is 0 Å². The smallest absolute Gasteiger partial charge is 0.191 e. The molecule has 2 atom stereocenters. The summed E-state index contributed by atoms with van der Waals surface area (Å²) in [5.41, 5.74) is 1.11. The molecule has 1 aromatic carbocycles. The van der Waals surface area contributed by atoms with Crippen LogP contribution in [0.25, 0.3) is 0 Å². The molecule has 2 aliphatic rings. The number of halogens is 1. The maximum absolute atomic E-state index is 13.4. The molecule has 0 bridgehead atoms. The molecule has 2 N–H and O–H groups in total. The van der Waals surface area contributed by atoms with Crippen LogP contribution in [0.15, 0.2) is 29.3 Å². The topological polar surface area (TPSA) is 52.1 Å². The predicted octanol–water partition coefficient (Wildman–Crippen LogP) is 2.48. The number of guanidine groups is 1. The Morgan fingerprint density at radius 1 is 1.13 bits per heavy atom. The molecule has 6 nitrogen and oxygen atoms in total. The van der Waals surface area contributed by atoms with E-state index in [4.69, 9.17) is 4.74 Å². The zero-order chi connectivity index (χ0) is 21.3. The lowest BCUT2D eigenvalue weighted by Gasteiger charge is -2.36. The van der Waals surface area contributed by atoms with E-state index in [0.717, 1.165) is 50.9 Å². The highest BCUT2D eigenvalue weighted by molar-refractivity contribution is 5.79. The zero-order valence-electron chi connectivity index (χ0n) is 18.7. The van der Waals surface area contributed by atoms with Crippen molar-refractivity contribution in [3.63, 3.8) is 0 Å². The summed E-state index contributed by atoms with van der Waals surface area (Å²) >= 11 is 0. The number of rotatable bonds is 7. The number of nitrogens with one attached hydrogen (secondary N) is 2. The number of hydrogen-bond acceptors (Lipinski definition) is 4. The predicted molar refractivity (Wildman–Crippen MR) is 120 cm³/mol. The second-order valence-electron chi connectivity index (χ2n) is 8.65. The number of benzene rings is 1. The van der Waals surface area contributed by atoms with Crippen molar-refractivity contribution >= 4 is 5.96 Å². The van der Waals surface area contributed by atoms with Crippen LogP contribution in [-0.4, -0.2) is 81.3 Å². The van der Waals surface area contributed by atoms with Gasteiger partial charge in [0.05, 0.1) is 19.3 Å². The van der Waals surface area contributed by atoms with Gasteiger partial charge < -0.3 is 20.3 Å². The summed E-state index contributed by atoms with van der Waals surface area (Å²) in [7, 11) is 1.82. The maximum atomic E-state index is 13.4. The molecule has 3 rings (SSSR count). The molecule has 0 spiro atoms. The summed E-state index contributed by atoms with van der Waals surface area (Å²) in [5.74, 6) is 1.27. The Morgan fingerprint density at radius 2 is 1.87 bits per heavy atom. The first-order valence-electron chi connectivity index (χ1n) is 11.3. The molecule has 2 fully saturated rings. The van der Waals surface area contributed by atoms with E-state index < -0.39 is 0 Å². The molecule has 30 heavy (non-hydrogen) atoms. The first-order valence-corrected chi connectivity index (χ1v) is 11.3. The Kier molecular flexibility index (Phi) is 8.90. The molecule has 2 heterocycles. The Hall–Kier alpha value is -1.70. The second kappa shape index (κ2) is 11.6. The van der Waals surface area contributed by atoms with Gasteiger partial charge in [0.25, 0.3) is 0 Å². The number of hydrogen-bond donors (Lipinski definition) is 2. The van der Waals surface area contributed by atoms with Gasteiger partial charge >= 0.3 is 0 Å². The lowest BCUT2D eigenvalue weighted by Crippen LogP contribution is -2.48. The molecular weight excluding hydrogens is 381 g/mol. The Balaban J connectivity index is 1.55. The van der Waals surface area contributed by atoms with Crippen molar-refractivity contribution in [1.29, 1.82) is 0 Å². The third-order valence-electron chi connectivity index (χ3n) is 6.27. The minimum atomic E-state index is -0.201. The van der Waals surface area contributed by atoms with Crippen LogP contribution in [0.3, 0.4) is 0 Å².